The molecule has 3 heterocycles. The number of likely N-dealkylation sites (tertiary alicyclic amines) is 1. The number of ether oxygens (including phenoxy) is 1. The van der Waals surface area contributed by atoms with Crippen LogP contribution in [0.4, 0.5) is 0 Å². The van der Waals surface area contributed by atoms with Crippen LogP contribution in [0.3, 0.4) is 0 Å². The summed E-state index contributed by atoms with van der Waals surface area (Å²) in [5.74, 6) is 1.45. The molecule has 6 fully saturated rings. The molecular formula is C38H66N6O4. The number of carbonyl (C=O) groups excluding carboxylic acids is 3. The van der Waals surface area contributed by atoms with Crippen LogP contribution in [0.15, 0.2) is 0 Å². The second-order valence-corrected chi connectivity index (χ2v) is 16.6. The van der Waals surface area contributed by atoms with Crippen LogP contribution in [-0.2, 0) is 19.1 Å². The molecule has 6 aliphatic rings. The molecule has 10 heteroatoms. The molecule has 10 nitrogen and oxygen atoms in total. The van der Waals surface area contributed by atoms with E-state index in [-0.39, 0.29) is 36.0 Å². The fourth-order valence-corrected chi connectivity index (χ4v) is 9.96. The summed E-state index contributed by atoms with van der Waals surface area (Å²) >= 11 is 0. The molecule has 272 valence electrons. The Hall–Kier alpha value is -1.75. The first-order valence-corrected chi connectivity index (χ1v) is 20.1. The summed E-state index contributed by atoms with van der Waals surface area (Å²) in [6, 6.07) is -1.46. The predicted octanol–water partition coefficient (Wildman–Crippen LogP) is 4.28. The van der Waals surface area contributed by atoms with Crippen molar-refractivity contribution in [2.24, 2.45) is 23.7 Å². The maximum atomic E-state index is 14.4. The van der Waals surface area contributed by atoms with Crippen molar-refractivity contribution in [1.29, 1.82) is 0 Å². The van der Waals surface area contributed by atoms with E-state index in [1.54, 1.807) is 0 Å². The number of hydrogen-bond donors (Lipinski definition) is 4. The van der Waals surface area contributed by atoms with Gasteiger partial charge in [-0.3, -0.25) is 24.7 Å². The third-order valence-corrected chi connectivity index (χ3v) is 12.7. The molecule has 0 spiro atoms. The van der Waals surface area contributed by atoms with E-state index in [0.29, 0.717) is 43.1 Å². The van der Waals surface area contributed by atoms with E-state index in [2.05, 4.69) is 31.3 Å². The Balaban J connectivity index is 1.23. The average Bonchev–Trinajstić information content (AvgIpc) is 3.53. The van der Waals surface area contributed by atoms with Gasteiger partial charge in [-0.2, -0.15) is 0 Å². The minimum Gasteiger partial charge on any atom is -0.375 e. The lowest BCUT2D eigenvalue weighted by atomic mass is 9.80. The normalized spacial score (nSPS) is 37.0. The SMILES string of the molecule is CN1CC(CNC(=O)[C@@H]2CC3CCCC(C3)OC3CCCC(C3)C[C@H](N3CCCCC3)C(=O)N[C@@H](CCC3CCCCC3)C(=O)N2)CN1. The number of fused-ring (bicyclic) bond motifs is 4. The minimum absolute atomic E-state index is 0.00607. The maximum absolute atomic E-state index is 14.4. The molecule has 5 unspecified atom stereocenters. The van der Waals surface area contributed by atoms with Crippen molar-refractivity contribution < 1.29 is 19.1 Å². The molecule has 0 radical (unpaired) electrons. The number of carbonyl (C=O) groups is 3. The summed E-state index contributed by atoms with van der Waals surface area (Å²) in [7, 11) is 2.02. The molecule has 3 aliphatic carbocycles. The molecule has 0 aromatic carbocycles. The Bertz CT molecular complexity index is 1050. The molecule has 48 heavy (non-hydrogen) atoms. The van der Waals surface area contributed by atoms with Gasteiger partial charge in [-0.25, -0.2) is 5.01 Å². The Labute approximate surface area is 289 Å². The van der Waals surface area contributed by atoms with Gasteiger partial charge < -0.3 is 20.7 Å². The number of hydrazine groups is 1. The zero-order valence-corrected chi connectivity index (χ0v) is 29.9. The van der Waals surface area contributed by atoms with Crippen LogP contribution in [0.25, 0.3) is 0 Å². The van der Waals surface area contributed by atoms with Crippen LogP contribution >= 0.6 is 0 Å². The van der Waals surface area contributed by atoms with Crippen molar-refractivity contribution >= 4 is 17.7 Å². The molecule has 4 N–H and O–H groups in total. The maximum Gasteiger partial charge on any atom is 0.243 e. The molecule has 0 aromatic heterocycles. The molecule has 4 bridgehead atoms. The standard InChI is InChI=1S/C38H66N6O4/c1-43-26-30(25-40-43)24-39-36(45)34-22-28-12-8-14-31(20-28)48-32-15-9-13-29(21-32)23-35(44-18-6-3-7-19-44)38(47)41-33(37(46)42-34)17-16-27-10-4-2-5-11-27/h27-35,40H,2-26H2,1H3,(H,39,45)(H,41,47)(H,42,46)/t28?,29?,30?,31?,32?,33-,34-,35-/m0/s1. The summed E-state index contributed by atoms with van der Waals surface area (Å²) in [6.07, 6.45) is 21.8. The highest BCUT2D eigenvalue weighted by Gasteiger charge is 2.38. The fourth-order valence-electron chi connectivity index (χ4n) is 9.96. The Morgan fingerprint density at radius 3 is 2.12 bits per heavy atom. The van der Waals surface area contributed by atoms with Crippen LogP contribution in [0, 0.1) is 23.7 Å². The highest BCUT2D eigenvalue weighted by atomic mass is 16.5. The van der Waals surface area contributed by atoms with Crippen molar-refractivity contribution in [3.63, 3.8) is 0 Å². The highest BCUT2D eigenvalue weighted by Crippen LogP contribution is 2.36. The number of hydrogen-bond acceptors (Lipinski definition) is 7. The van der Waals surface area contributed by atoms with E-state index >= 15 is 0 Å². The van der Waals surface area contributed by atoms with Crippen molar-refractivity contribution in [2.75, 3.05) is 39.8 Å². The Kier molecular flexibility index (Phi) is 13.5. The van der Waals surface area contributed by atoms with Gasteiger partial charge >= 0.3 is 0 Å². The average molecular weight is 671 g/mol. The summed E-state index contributed by atoms with van der Waals surface area (Å²) in [4.78, 5) is 45.0. The van der Waals surface area contributed by atoms with Crippen LogP contribution in [0.2, 0.25) is 0 Å². The van der Waals surface area contributed by atoms with Crippen LogP contribution in [0.5, 0.6) is 0 Å². The topological polar surface area (TPSA) is 115 Å². The Morgan fingerprint density at radius 1 is 0.750 bits per heavy atom. The summed E-state index contributed by atoms with van der Waals surface area (Å²) in [5, 5.41) is 11.8. The predicted molar refractivity (Wildman–Crippen MR) is 188 cm³/mol. The van der Waals surface area contributed by atoms with Gasteiger partial charge in [-0.15, -0.1) is 0 Å². The van der Waals surface area contributed by atoms with E-state index in [1.807, 2.05) is 7.05 Å². The lowest BCUT2D eigenvalue weighted by Gasteiger charge is -2.40. The monoisotopic (exact) mass is 671 g/mol. The first-order valence-electron chi connectivity index (χ1n) is 20.1. The van der Waals surface area contributed by atoms with Crippen molar-refractivity contribution in [3.8, 4) is 0 Å². The number of rotatable bonds is 7. The van der Waals surface area contributed by atoms with Crippen molar-refractivity contribution in [2.45, 2.75) is 159 Å². The molecule has 3 aliphatic heterocycles. The van der Waals surface area contributed by atoms with E-state index in [4.69, 9.17) is 4.74 Å². The van der Waals surface area contributed by atoms with Crippen LogP contribution in [-0.4, -0.2) is 97.7 Å². The third kappa shape index (κ3) is 10.4. The largest absolute Gasteiger partial charge is 0.375 e. The number of nitrogens with zero attached hydrogens (tertiary/aromatic N) is 2. The third-order valence-electron chi connectivity index (χ3n) is 12.7. The minimum atomic E-state index is -0.621. The summed E-state index contributed by atoms with van der Waals surface area (Å²) in [6.45, 7) is 4.20. The lowest BCUT2D eigenvalue weighted by Crippen LogP contribution is -2.58. The highest BCUT2D eigenvalue weighted by molar-refractivity contribution is 5.93. The summed E-state index contributed by atoms with van der Waals surface area (Å²) in [5.41, 5.74) is 3.32. The van der Waals surface area contributed by atoms with Gasteiger partial charge in [0, 0.05) is 32.6 Å². The van der Waals surface area contributed by atoms with Crippen LogP contribution < -0.4 is 21.4 Å². The quantitative estimate of drug-likeness (QED) is 0.320. The van der Waals surface area contributed by atoms with E-state index in [0.717, 1.165) is 103 Å². The number of amides is 3. The second-order valence-electron chi connectivity index (χ2n) is 16.6. The zero-order valence-electron chi connectivity index (χ0n) is 29.9. The van der Waals surface area contributed by atoms with E-state index < -0.39 is 12.1 Å². The van der Waals surface area contributed by atoms with Crippen molar-refractivity contribution in [1.82, 2.24) is 31.3 Å². The first kappa shape index (κ1) is 36.1. The molecule has 3 saturated heterocycles. The molecule has 0 aromatic rings. The molecule has 8 atom stereocenters. The Morgan fingerprint density at radius 2 is 1.44 bits per heavy atom. The molecule has 3 amide bonds. The number of piperidine rings is 1. The van der Waals surface area contributed by atoms with Gasteiger partial charge in [0.25, 0.3) is 0 Å². The lowest BCUT2D eigenvalue weighted by molar-refractivity contribution is -0.135. The van der Waals surface area contributed by atoms with Gasteiger partial charge in [0.1, 0.15) is 12.1 Å². The zero-order chi connectivity index (χ0) is 33.3. The van der Waals surface area contributed by atoms with Crippen LogP contribution in [0.1, 0.15) is 128 Å². The van der Waals surface area contributed by atoms with Gasteiger partial charge in [0.05, 0.1) is 18.2 Å². The first-order chi connectivity index (χ1) is 23.4. The number of nitrogens with one attached hydrogen (secondary N) is 4. The van der Waals surface area contributed by atoms with Crippen molar-refractivity contribution in [3.05, 3.63) is 0 Å². The summed E-state index contributed by atoms with van der Waals surface area (Å²) < 4.78 is 6.84. The van der Waals surface area contributed by atoms with E-state index in [1.165, 1.54) is 38.5 Å². The van der Waals surface area contributed by atoms with Gasteiger partial charge in [0.2, 0.25) is 17.7 Å². The van der Waals surface area contributed by atoms with Gasteiger partial charge in [-0.1, -0.05) is 64.2 Å². The smallest absolute Gasteiger partial charge is 0.243 e. The second kappa shape index (κ2) is 18.0. The van der Waals surface area contributed by atoms with Gasteiger partial charge in [-0.05, 0) is 95.1 Å². The molecule has 6 rings (SSSR count). The fraction of sp³-hybridized carbons (Fsp3) is 0.921. The molecule has 3 saturated carbocycles. The van der Waals surface area contributed by atoms with Gasteiger partial charge in [0.15, 0.2) is 0 Å². The van der Waals surface area contributed by atoms with E-state index in [9.17, 15) is 14.4 Å². The molecular weight excluding hydrogens is 604 g/mol.